The summed E-state index contributed by atoms with van der Waals surface area (Å²) in [6.07, 6.45) is -3.84. The minimum absolute atomic E-state index is 0.0344. The number of pyridine rings is 1. The Kier molecular flexibility index (Phi) is 6.48. The van der Waals surface area contributed by atoms with E-state index in [2.05, 4.69) is 10.5 Å². The number of nitrogens with one attached hydrogen (secondary N) is 1. The quantitative estimate of drug-likeness (QED) is 0.313. The lowest BCUT2D eigenvalue weighted by molar-refractivity contribution is -0.275. The fourth-order valence-corrected chi connectivity index (χ4v) is 5.49. The second-order valence-electron chi connectivity index (χ2n) is 9.48. The van der Waals surface area contributed by atoms with Gasteiger partial charge in [-0.25, -0.2) is 0 Å². The normalized spacial score (nSPS) is 18.3. The number of phenols is 1. The van der Waals surface area contributed by atoms with E-state index in [0.29, 0.717) is 23.3 Å². The van der Waals surface area contributed by atoms with Crippen LogP contribution in [0.1, 0.15) is 39.2 Å². The highest BCUT2D eigenvalue weighted by molar-refractivity contribution is 6.48. The summed E-state index contributed by atoms with van der Waals surface area (Å²) in [5, 5.41) is 17.0. The van der Waals surface area contributed by atoms with Crippen LogP contribution in [0.2, 0.25) is 10.0 Å². The first kappa shape index (κ1) is 26.6. The number of oxime groups is 1. The van der Waals surface area contributed by atoms with Crippen LogP contribution in [0.3, 0.4) is 0 Å². The number of fused-ring (bicyclic) bond motifs is 2. The van der Waals surface area contributed by atoms with E-state index in [0.717, 1.165) is 23.2 Å². The maximum Gasteiger partial charge on any atom is 0.435 e. The van der Waals surface area contributed by atoms with Gasteiger partial charge in [-0.3, -0.25) is 4.79 Å². The first-order chi connectivity index (χ1) is 19.1. The summed E-state index contributed by atoms with van der Waals surface area (Å²) in [6.45, 7) is 0.425. The second kappa shape index (κ2) is 9.76. The molecule has 2 aromatic carbocycles. The number of hydrogen-bond acceptors (Lipinski definition) is 5. The summed E-state index contributed by atoms with van der Waals surface area (Å²) in [4.78, 5) is 18.2. The summed E-state index contributed by atoms with van der Waals surface area (Å²) in [5.41, 5.74) is 0.258. The molecule has 0 bridgehead atoms. The molecule has 0 aliphatic carbocycles. The molecule has 2 aliphatic heterocycles. The number of aromatic hydroxyl groups is 1. The molecule has 13 heteroatoms. The van der Waals surface area contributed by atoms with Crippen LogP contribution in [0.15, 0.2) is 65.9 Å². The molecule has 0 saturated heterocycles. The molecule has 4 heterocycles. The molecule has 2 aliphatic rings. The molecule has 203 valence electrons. The first-order valence-electron chi connectivity index (χ1n) is 12.0. The minimum atomic E-state index is -4.84. The van der Waals surface area contributed by atoms with Gasteiger partial charge in [0.15, 0.2) is 0 Å². The molecular weight excluding hydrogens is 569 g/mol. The zero-order valence-corrected chi connectivity index (χ0v) is 21.9. The Labute approximate surface area is 236 Å². The van der Waals surface area contributed by atoms with Gasteiger partial charge >= 0.3 is 13.7 Å². The van der Waals surface area contributed by atoms with Gasteiger partial charge in [-0.05, 0) is 59.6 Å². The Hall–Kier alpha value is -3.67. The maximum absolute atomic E-state index is 14.4. The predicted octanol–water partition coefficient (Wildman–Crippen LogP) is 5.24. The second-order valence-corrected chi connectivity index (χ2v) is 10.3. The van der Waals surface area contributed by atoms with Crippen LogP contribution >= 0.6 is 23.2 Å². The molecular formula is C27H18BCl2F3N3O4. The number of benzene rings is 2. The third-order valence-corrected chi connectivity index (χ3v) is 7.42. The van der Waals surface area contributed by atoms with Crippen molar-refractivity contribution in [1.29, 1.82) is 0 Å². The standard InChI is InChI=1S/C27H18BCl2F3N3O4/c29-17-8-16(9-18(30)10-17)26(27(31,32)33)11-21(35-40-26)19-3-4-23(36-5-1-2-22(19)36)25(38)34-12-14-6-20-15(7-24(14)37)13-39-28-20/h1-10,37H,11-13H2,(H,34,38). The summed E-state index contributed by atoms with van der Waals surface area (Å²) in [5.74, 6) is -0.413. The summed E-state index contributed by atoms with van der Waals surface area (Å²) < 4.78 is 50.1. The van der Waals surface area contributed by atoms with Crippen LogP contribution in [0.5, 0.6) is 5.75 Å². The van der Waals surface area contributed by atoms with Crippen molar-refractivity contribution in [3.63, 3.8) is 0 Å². The van der Waals surface area contributed by atoms with Crippen LogP contribution in [-0.2, 0) is 28.2 Å². The predicted molar refractivity (Wildman–Crippen MR) is 143 cm³/mol. The molecule has 0 fully saturated rings. The van der Waals surface area contributed by atoms with Crippen LogP contribution < -0.4 is 10.8 Å². The topological polar surface area (TPSA) is 84.6 Å². The largest absolute Gasteiger partial charge is 0.508 e. The van der Waals surface area contributed by atoms with Gasteiger partial charge in [-0.15, -0.1) is 0 Å². The maximum atomic E-state index is 14.4. The Morgan fingerprint density at radius 1 is 1.15 bits per heavy atom. The van der Waals surface area contributed by atoms with E-state index >= 15 is 0 Å². The van der Waals surface area contributed by atoms with Crippen molar-refractivity contribution in [2.75, 3.05) is 0 Å². The smallest absolute Gasteiger partial charge is 0.435 e. The van der Waals surface area contributed by atoms with E-state index in [1.54, 1.807) is 42.3 Å². The summed E-state index contributed by atoms with van der Waals surface area (Å²) in [6, 6.07) is 13.3. The Morgan fingerprint density at radius 3 is 2.67 bits per heavy atom. The Bertz CT molecular complexity index is 1690. The monoisotopic (exact) mass is 586 g/mol. The van der Waals surface area contributed by atoms with Crippen molar-refractivity contribution >= 4 is 53.3 Å². The lowest BCUT2D eigenvalue weighted by Crippen LogP contribution is -2.42. The Morgan fingerprint density at radius 2 is 1.93 bits per heavy atom. The van der Waals surface area contributed by atoms with E-state index in [1.165, 1.54) is 18.2 Å². The Balaban J connectivity index is 1.28. The SMILES string of the molecule is O=C(NCc1cc2c(cc1O)CO[B]2)c1ccc(C2=NOC(c3cc(Cl)cc(Cl)c3)(C(F)(F)F)C2)c2cccn12. The number of hydrogen-bond donors (Lipinski definition) is 2. The third kappa shape index (κ3) is 4.48. The van der Waals surface area contributed by atoms with Gasteiger partial charge < -0.3 is 24.3 Å². The minimum Gasteiger partial charge on any atom is -0.508 e. The third-order valence-electron chi connectivity index (χ3n) is 6.98. The van der Waals surface area contributed by atoms with Crippen LogP contribution in [0, 0.1) is 0 Å². The van der Waals surface area contributed by atoms with Crippen LogP contribution in [-0.4, -0.2) is 34.8 Å². The molecule has 2 N–H and O–H groups in total. The molecule has 6 rings (SSSR count). The number of aromatic nitrogens is 1. The van der Waals surface area contributed by atoms with Crippen molar-refractivity contribution in [1.82, 2.24) is 9.72 Å². The van der Waals surface area contributed by atoms with E-state index in [-0.39, 0.29) is 39.3 Å². The summed E-state index contributed by atoms with van der Waals surface area (Å²) >= 11 is 12.0. The number of phenolic OH excluding ortho intramolecular Hbond substituents is 1. The van der Waals surface area contributed by atoms with Gasteiger partial charge in [0, 0.05) is 39.5 Å². The van der Waals surface area contributed by atoms with Crippen molar-refractivity contribution in [3.8, 4) is 5.75 Å². The average molecular weight is 587 g/mol. The van der Waals surface area contributed by atoms with Gasteiger partial charge in [-0.1, -0.05) is 34.4 Å². The number of nitrogens with zero attached hydrogens (tertiary/aromatic N) is 2. The number of amides is 1. The highest BCUT2D eigenvalue weighted by Crippen LogP contribution is 2.50. The zero-order valence-electron chi connectivity index (χ0n) is 20.4. The molecule has 4 aromatic rings. The van der Waals surface area contributed by atoms with Crippen molar-refractivity contribution in [2.45, 2.75) is 31.3 Å². The van der Waals surface area contributed by atoms with Gasteiger partial charge in [0.05, 0.1) is 24.3 Å². The fraction of sp³-hybridized carbons (Fsp3) is 0.185. The summed E-state index contributed by atoms with van der Waals surface area (Å²) in [7, 11) is 1.59. The van der Waals surface area contributed by atoms with E-state index in [9.17, 15) is 23.1 Å². The fourth-order valence-electron chi connectivity index (χ4n) is 4.96. The van der Waals surface area contributed by atoms with Crippen LogP contribution in [0.25, 0.3) is 5.52 Å². The number of alkyl halides is 3. The molecule has 40 heavy (non-hydrogen) atoms. The number of carbonyl (C=O) groups is 1. The van der Waals surface area contributed by atoms with E-state index < -0.39 is 24.1 Å². The van der Waals surface area contributed by atoms with Gasteiger partial charge in [-0.2, -0.15) is 13.2 Å². The molecule has 1 amide bonds. The number of halogens is 5. The van der Waals surface area contributed by atoms with Crippen molar-refractivity contribution in [2.24, 2.45) is 5.16 Å². The van der Waals surface area contributed by atoms with Gasteiger partial charge in [0.25, 0.3) is 11.5 Å². The molecule has 0 spiro atoms. The number of carbonyl (C=O) groups excluding carboxylic acids is 1. The number of rotatable bonds is 5. The molecule has 1 radical (unpaired) electrons. The lowest BCUT2D eigenvalue weighted by atomic mass is 9.86. The van der Waals surface area contributed by atoms with Crippen LogP contribution in [0.4, 0.5) is 13.2 Å². The molecule has 7 nitrogen and oxygen atoms in total. The first-order valence-corrected chi connectivity index (χ1v) is 12.8. The molecule has 1 unspecified atom stereocenters. The van der Waals surface area contributed by atoms with E-state index in [4.69, 9.17) is 32.7 Å². The zero-order chi connectivity index (χ0) is 28.2. The highest BCUT2D eigenvalue weighted by Gasteiger charge is 2.62. The molecule has 2 aromatic heterocycles. The van der Waals surface area contributed by atoms with Crippen molar-refractivity contribution in [3.05, 3.63) is 98.8 Å². The van der Waals surface area contributed by atoms with Gasteiger partial charge in [0.1, 0.15) is 11.4 Å². The average Bonchev–Trinajstić information content (AvgIpc) is 3.65. The van der Waals surface area contributed by atoms with Crippen molar-refractivity contribution < 1.29 is 32.6 Å². The lowest BCUT2D eigenvalue weighted by Gasteiger charge is -2.29. The van der Waals surface area contributed by atoms with Gasteiger partial charge in [0.2, 0.25) is 0 Å². The highest BCUT2D eigenvalue weighted by atomic mass is 35.5. The molecule has 1 atom stereocenters. The molecule has 0 saturated carbocycles. The van der Waals surface area contributed by atoms with E-state index in [1.807, 2.05) is 0 Å².